The predicted molar refractivity (Wildman–Crippen MR) is 87.0 cm³/mol. The third kappa shape index (κ3) is 5.95. The van der Waals surface area contributed by atoms with Crippen LogP contribution >= 0.6 is 0 Å². The van der Waals surface area contributed by atoms with Gasteiger partial charge in [-0.15, -0.1) is 0 Å². The van der Waals surface area contributed by atoms with E-state index < -0.39 is 0 Å². The molecule has 2 atom stereocenters. The van der Waals surface area contributed by atoms with Crippen molar-refractivity contribution < 1.29 is 9.53 Å². The minimum Gasteiger partial charge on any atom is -0.381 e. The van der Waals surface area contributed by atoms with Crippen molar-refractivity contribution in [3.63, 3.8) is 0 Å². The number of hydrogen-bond acceptors (Lipinski definition) is 3. The lowest BCUT2D eigenvalue weighted by Gasteiger charge is -2.27. The Labute approximate surface area is 130 Å². The van der Waals surface area contributed by atoms with Crippen LogP contribution in [0.5, 0.6) is 0 Å². The first kappa shape index (κ1) is 18.4. The quantitative estimate of drug-likeness (QED) is 0.666. The van der Waals surface area contributed by atoms with Gasteiger partial charge in [-0.05, 0) is 30.6 Å². The third-order valence-corrected chi connectivity index (χ3v) is 3.77. The molecule has 0 aromatic rings. The molecule has 0 spiro atoms. The van der Waals surface area contributed by atoms with Crippen LogP contribution in [0, 0.1) is 17.8 Å². The lowest BCUT2D eigenvalue weighted by molar-refractivity contribution is -0.131. The molecular weight excluding hydrogens is 264 g/mol. The Bertz CT molecular complexity index is 316. The molecule has 1 fully saturated rings. The first-order chi connectivity index (χ1) is 9.82. The van der Waals surface area contributed by atoms with E-state index in [4.69, 9.17) is 4.74 Å². The molecule has 4 nitrogen and oxygen atoms in total. The molecule has 0 radical (unpaired) electrons. The maximum Gasteiger partial charge on any atom is 0.241 e. The number of amides is 1. The number of carbonyl (C=O) groups excluding carboxylic acids is 1. The van der Waals surface area contributed by atoms with E-state index in [1.165, 1.54) is 0 Å². The molecular formula is C17H34N2O2. The average Bonchev–Trinajstić information content (AvgIpc) is 2.66. The standard InChI is InChI=1S/C17H34N2O2/c1-12(2)10-15-17(20)19(16(18-15)14(5)6)8-7-9-21-11-13(3)4/h12-16,18H,7-11H2,1-6H3. The third-order valence-electron chi connectivity index (χ3n) is 3.77. The highest BCUT2D eigenvalue weighted by molar-refractivity contribution is 5.84. The highest BCUT2D eigenvalue weighted by Crippen LogP contribution is 2.21. The Morgan fingerprint density at radius 1 is 1.14 bits per heavy atom. The summed E-state index contributed by atoms with van der Waals surface area (Å²) in [6, 6.07) is -0.00557. The van der Waals surface area contributed by atoms with Gasteiger partial charge in [0.1, 0.15) is 0 Å². The van der Waals surface area contributed by atoms with Gasteiger partial charge in [-0.25, -0.2) is 0 Å². The van der Waals surface area contributed by atoms with Crippen LogP contribution in [-0.4, -0.2) is 42.8 Å². The van der Waals surface area contributed by atoms with Gasteiger partial charge in [0.15, 0.2) is 0 Å². The highest BCUT2D eigenvalue weighted by Gasteiger charge is 2.39. The van der Waals surface area contributed by atoms with Gasteiger partial charge in [0.2, 0.25) is 5.91 Å². The van der Waals surface area contributed by atoms with E-state index in [2.05, 4.69) is 46.9 Å². The SMILES string of the molecule is CC(C)COCCCN1C(=O)C(CC(C)C)NC1C(C)C. The summed E-state index contributed by atoms with van der Waals surface area (Å²) in [5.41, 5.74) is 0. The zero-order valence-corrected chi connectivity index (χ0v) is 14.7. The molecule has 1 rings (SSSR count). The van der Waals surface area contributed by atoms with Gasteiger partial charge in [0.25, 0.3) is 0 Å². The smallest absolute Gasteiger partial charge is 0.241 e. The number of nitrogens with zero attached hydrogens (tertiary/aromatic N) is 1. The van der Waals surface area contributed by atoms with Crippen LogP contribution in [-0.2, 0) is 9.53 Å². The number of nitrogens with one attached hydrogen (secondary N) is 1. The summed E-state index contributed by atoms with van der Waals surface area (Å²) in [5.74, 6) is 1.81. The largest absolute Gasteiger partial charge is 0.381 e. The Balaban J connectivity index is 2.46. The lowest BCUT2D eigenvalue weighted by atomic mass is 10.0. The molecule has 0 aliphatic carbocycles. The van der Waals surface area contributed by atoms with E-state index in [1.54, 1.807) is 0 Å². The van der Waals surface area contributed by atoms with Gasteiger partial charge in [0, 0.05) is 19.8 Å². The topological polar surface area (TPSA) is 41.6 Å². The van der Waals surface area contributed by atoms with Crippen molar-refractivity contribution in [2.75, 3.05) is 19.8 Å². The molecule has 1 heterocycles. The zero-order chi connectivity index (χ0) is 16.0. The van der Waals surface area contributed by atoms with Gasteiger partial charge < -0.3 is 9.64 Å². The van der Waals surface area contributed by atoms with Crippen molar-refractivity contribution in [3.05, 3.63) is 0 Å². The second kappa shape index (κ2) is 8.74. The van der Waals surface area contributed by atoms with Gasteiger partial charge >= 0.3 is 0 Å². The van der Waals surface area contributed by atoms with Crippen LogP contribution in [0.2, 0.25) is 0 Å². The summed E-state index contributed by atoms with van der Waals surface area (Å²) in [5, 5.41) is 3.52. The molecule has 1 aliphatic rings. The van der Waals surface area contributed by atoms with Crippen molar-refractivity contribution in [3.8, 4) is 0 Å². The maximum atomic E-state index is 12.6. The minimum atomic E-state index is -0.00557. The minimum absolute atomic E-state index is 0.00557. The van der Waals surface area contributed by atoms with Crippen LogP contribution in [0.1, 0.15) is 54.4 Å². The van der Waals surface area contributed by atoms with Crippen molar-refractivity contribution in [1.82, 2.24) is 10.2 Å². The van der Waals surface area contributed by atoms with Gasteiger partial charge in [-0.2, -0.15) is 0 Å². The van der Waals surface area contributed by atoms with Crippen LogP contribution in [0.4, 0.5) is 0 Å². The van der Waals surface area contributed by atoms with Gasteiger partial charge in [0.05, 0.1) is 12.2 Å². The number of hydrogen-bond donors (Lipinski definition) is 1. The monoisotopic (exact) mass is 298 g/mol. The normalized spacial score (nSPS) is 23.1. The first-order valence-corrected chi connectivity index (χ1v) is 8.47. The number of carbonyl (C=O) groups is 1. The van der Waals surface area contributed by atoms with E-state index in [1.807, 2.05) is 4.90 Å². The van der Waals surface area contributed by atoms with Crippen molar-refractivity contribution in [2.45, 2.75) is 66.6 Å². The fraction of sp³-hybridized carbons (Fsp3) is 0.941. The predicted octanol–water partition coefficient (Wildman–Crippen LogP) is 2.88. The molecule has 1 saturated heterocycles. The van der Waals surface area contributed by atoms with Gasteiger partial charge in [-0.3, -0.25) is 10.1 Å². The Morgan fingerprint density at radius 2 is 1.81 bits per heavy atom. The molecule has 0 aromatic carbocycles. The Morgan fingerprint density at radius 3 is 2.33 bits per heavy atom. The summed E-state index contributed by atoms with van der Waals surface area (Å²) >= 11 is 0. The summed E-state index contributed by atoms with van der Waals surface area (Å²) in [7, 11) is 0. The molecule has 0 saturated carbocycles. The molecule has 1 amide bonds. The fourth-order valence-electron chi connectivity index (χ4n) is 2.80. The van der Waals surface area contributed by atoms with Crippen LogP contribution in [0.15, 0.2) is 0 Å². The fourth-order valence-corrected chi connectivity index (χ4v) is 2.80. The number of rotatable bonds is 9. The zero-order valence-electron chi connectivity index (χ0n) is 14.7. The first-order valence-electron chi connectivity index (χ1n) is 8.47. The van der Waals surface area contributed by atoms with E-state index in [0.29, 0.717) is 17.8 Å². The summed E-state index contributed by atoms with van der Waals surface area (Å²) < 4.78 is 5.62. The van der Waals surface area contributed by atoms with E-state index >= 15 is 0 Å². The second-order valence-electron chi connectivity index (χ2n) is 7.39. The molecule has 21 heavy (non-hydrogen) atoms. The second-order valence-corrected chi connectivity index (χ2v) is 7.39. The summed E-state index contributed by atoms with van der Waals surface area (Å²) in [6.07, 6.45) is 2.01. The maximum absolute atomic E-state index is 12.6. The molecule has 1 N–H and O–H groups in total. The molecule has 1 aliphatic heterocycles. The number of ether oxygens (including phenoxy) is 1. The van der Waals surface area contributed by atoms with Crippen molar-refractivity contribution in [1.29, 1.82) is 0 Å². The van der Waals surface area contributed by atoms with Gasteiger partial charge in [-0.1, -0.05) is 41.5 Å². The van der Waals surface area contributed by atoms with E-state index in [-0.39, 0.29) is 18.1 Å². The van der Waals surface area contributed by atoms with E-state index in [0.717, 1.165) is 32.6 Å². The molecule has 4 heteroatoms. The lowest BCUT2D eigenvalue weighted by Crippen LogP contribution is -2.42. The molecule has 0 bridgehead atoms. The highest BCUT2D eigenvalue weighted by atomic mass is 16.5. The van der Waals surface area contributed by atoms with Crippen LogP contribution in [0.3, 0.4) is 0 Å². The molecule has 0 aromatic heterocycles. The van der Waals surface area contributed by atoms with Crippen molar-refractivity contribution in [2.24, 2.45) is 17.8 Å². The Kier molecular flexibility index (Phi) is 7.67. The van der Waals surface area contributed by atoms with Crippen molar-refractivity contribution >= 4 is 5.91 Å². The summed E-state index contributed by atoms with van der Waals surface area (Å²) in [6.45, 7) is 15.3. The summed E-state index contributed by atoms with van der Waals surface area (Å²) in [4.78, 5) is 14.6. The molecule has 2 unspecified atom stereocenters. The van der Waals surface area contributed by atoms with Crippen LogP contribution in [0.25, 0.3) is 0 Å². The van der Waals surface area contributed by atoms with E-state index in [9.17, 15) is 4.79 Å². The van der Waals surface area contributed by atoms with Crippen LogP contribution < -0.4 is 5.32 Å². The Hall–Kier alpha value is -0.610. The molecule has 124 valence electrons. The average molecular weight is 298 g/mol.